The maximum Gasteiger partial charge on any atom is 0.336 e. The summed E-state index contributed by atoms with van der Waals surface area (Å²) >= 11 is 0. The van der Waals surface area contributed by atoms with Crippen LogP contribution >= 0.6 is 0 Å². The molecule has 18 heavy (non-hydrogen) atoms. The molecule has 0 bridgehead atoms. The van der Waals surface area contributed by atoms with Gasteiger partial charge in [-0.15, -0.1) is 12.3 Å². The van der Waals surface area contributed by atoms with Gasteiger partial charge in [0.15, 0.2) is 0 Å². The largest absolute Gasteiger partial charge is 0.478 e. The molecule has 0 spiro atoms. The van der Waals surface area contributed by atoms with Crippen molar-refractivity contribution in [3.05, 3.63) is 29.3 Å². The van der Waals surface area contributed by atoms with Crippen molar-refractivity contribution in [3.63, 3.8) is 0 Å². The molecule has 0 radical (unpaired) electrons. The number of nitrogens with one attached hydrogen (secondary N) is 2. The number of rotatable bonds is 4. The summed E-state index contributed by atoms with van der Waals surface area (Å²) in [5.41, 5.74) is 1.14. The van der Waals surface area contributed by atoms with E-state index in [-0.39, 0.29) is 5.56 Å². The van der Waals surface area contributed by atoms with Gasteiger partial charge in [0.25, 0.3) is 0 Å². The highest BCUT2D eigenvalue weighted by atomic mass is 16.4. The van der Waals surface area contributed by atoms with Crippen LogP contribution in [0, 0.1) is 19.3 Å². The first-order valence-corrected chi connectivity index (χ1v) is 5.37. The Labute approximate surface area is 105 Å². The number of carbonyl (C=O) groups excluding carboxylic acids is 1. The first-order chi connectivity index (χ1) is 8.56. The number of terminal acetylenes is 1. The molecule has 0 saturated heterocycles. The topological polar surface area (TPSA) is 78.4 Å². The Morgan fingerprint density at radius 2 is 2.17 bits per heavy atom. The number of benzene rings is 1. The van der Waals surface area contributed by atoms with E-state index in [1.807, 2.05) is 0 Å². The molecule has 0 unspecified atom stereocenters. The van der Waals surface area contributed by atoms with Gasteiger partial charge in [-0.1, -0.05) is 6.07 Å². The van der Waals surface area contributed by atoms with E-state index in [9.17, 15) is 9.59 Å². The third-order valence-electron chi connectivity index (χ3n) is 2.37. The van der Waals surface area contributed by atoms with Crippen molar-refractivity contribution in [2.45, 2.75) is 13.3 Å². The van der Waals surface area contributed by atoms with Crippen LogP contribution in [0.4, 0.5) is 10.5 Å². The molecule has 0 aromatic heterocycles. The monoisotopic (exact) mass is 246 g/mol. The van der Waals surface area contributed by atoms with Crippen LogP contribution < -0.4 is 10.6 Å². The Kier molecular flexibility index (Phi) is 4.76. The van der Waals surface area contributed by atoms with Gasteiger partial charge in [-0.05, 0) is 24.6 Å². The summed E-state index contributed by atoms with van der Waals surface area (Å²) in [6, 6.07) is 4.30. The smallest absolute Gasteiger partial charge is 0.336 e. The SMILES string of the molecule is C#CCCNC(=O)Nc1cccc(C(=O)O)c1C. The van der Waals surface area contributed by atoms with Crippen LogP contribution in [0.3, 0.4) is 0 Å². The molecule has 3 N–H and O–H groups in total. The van der Waals surface area contributed by atoms with Crippen LogP contribution in [0.5, 0.6) is 0 Å². The van der Waals surface area contributed by atoms with E-state index in [0.717, 1.165) is 0 Å². The first kappa shape index (κ1) is 13.6. The van der Waals surface area contributed by atoms with Gasteiger partial charge in [-0.2, -0.15) is 0 Å². The maximum atomic E-state index is 11.5. The molecule has 2 amide bonds. The lowest BCUT2D eigenvalue weighted by molar-refractivity contribution is 0.0696. The lowest BCUT2D eigenvalue weighted by atomic mass is 10.1. The summed E-state index contributed by atoms with van der Waals surface area (Å²) < 4.78 is 0. The minimum atomic E-state index is -1.02. The fourth-order valence-electron chi connectivity index (χ4n) is 1.42. The zero-order chi connectivity index (χ0) is 13.5. The number of aromatic carboxylic acids is 1. The highest BCUT2D eigenvalue weighted by molar-refractivity contribution is 5.95. The van der Waals surface area contributed by atoms with Crippen molar-refractivity contribution in [2.75, 3.05) is 11.9 Å². The maximum absolute atomic E-state index is 11.5. The van der Waals surface area contributed by atoms with E-state index in [1.54, 1.807) is 19.1 Å². The van der Waals surface area contributed by atoms with E-state index < -0.39 is 12.0 Å². The first-order valence-electron chi connectivity index (χ1n) is 5.37. The summed E-state index contributed by atoms with van der Waals surface area (Å²) in [6.07, 6.45) is 5.50. The van der Waals surface area contributed by atoms with E-state index in [1.165, 1.54) is 6.07 Å². The average Bonchev–Trinajstić information content (AvgIpc) is 2.32. The van der Waals surface area contributed by atoms with Crippen LogP contribution in [0.2, 0.25) is 0 Å². The van der Waals surface area contributed by atoms with Gasteiger partial charge >= 0.3 is 12.0 Å². The minimum Gasteiger partial charge on any atom is -0.478 e. The van der Waals surface area contributed by atoms with Crippen molar-refractivity contribution in [1.29, 1.82) is 0 Å². The third kappa shape index (κ3) is 3.52. The third-order valence-corrected chi connectivity index (χ3v) is 2.37. The van der Waals surface area contributed by atoms with Crippen LogP contribution in [-0.4, -0.2) is 23.7 Å². The summed E-state index contributed by atoms with van der Waals surface area (Å²) in [4.78, 5) is 22.4. The molecule has 0 fully saturated rings. The number of carboxylic acid groups (broad SMARTS) is 1. The van der Waals surface area contributed by atoms with Crippen LogP contribution in [0.1, 0.15) is 22.3 Å². The Bertz CT molecular complexity index is 503. The Balaban J connectivity index is 2.74. The molecule has 1 aromatic carbocycles. The zero-order valence-corrected chi connectivity index (χ0v) is 9.99. The second kappa shape index (κ2) is 6.30. The van der Waals surface area contributed by atoms with Crippen molar-refractivity contribution < 1.29 is 14.7 Å². The summed E-state index contributed by atoms with van der Waals surface area (Å²) in [7, 11) is 0. The van der Waals surface area contributed by atoms with Crippen LogP contribution in [0.15, 0.2) is 18.2 Å². The van der Waals surface area contributed by atoms with Gasteiger partial charge in [0, 0.05) is 18.7 Å². The molecule has 5 heteroatoms. The zero-order valence-electron chi connectivity index (χ0n) is 9.99. The minimum absolute atomic E-state index is 0.163. The van der Waals surface area contributed by atoms with E-state index >= 15 is 0 Å². The number of carbonyl (C=O) groups is 2. The van der Waals surface area contributed by atoms with Gasteiger partial charge < -0.3 is 15.7 Å². The van der Waals surface area contributed by atoms with Gasteiger partial charge in [0.1, 0.15) is 0 Å². The van der Waals surface area contributed by atoms with E-state index in [4.69, 9.17) is 11.5 Å². The molecular weight excluding hydrogens is 232 g/mol. The Hall–Kier alpha value is -2.48. The number of anilines is 1. The summed E-state index contributed by atoms with van der Waals surface area (Å²) in [6.45, 7) is 2.01. The summed E-state index contributed by atoms with van der Waals surface area (Å²) in [5, 5.41) is 14.1. The standard InChI is InChI=1S/C13H14N2O3/c1-3-4-8-14-13(18)15-11-7-5-6-10(9(11)2)12(16)17/h1,5-7H,4,8H2,2H3,(H,16,17)(H2,14,15,18). The van der Waals surface area contributed by atoms with Gasteiger partial charge in [0.2, 0.25) is 0 Å². The average molecular weight is 246 g/mol. The van der Waals surface area contributed by atoms with Crippen LogP contribution in [-0.2, 0) is 0 Å². The van der Waals surface area contributed by atoms with Gasteiger partial charge in [-0.25, -0.2) is 9.59 Å². The number of hydrogen-bond acceptors (Lipinski definition) is 2. The molecule has 0 heterocycles. The molecular formula is C13H14N2O3. The highest BCUT2D eigenvalue weighted by Gasteiger charge is 2.11. The molecule has 0 saturated carbocycles. The number of amides is 2. The normalized spacial score (nSPS) is 9.33. The molecule has 0 aliphatic rings. The van der Waals surface area contributed by atoms with E-state index in [2.05, 4.69) is 16.6 Å². The van der Waals surface area contributed by atoms with Gasteiger partial charge in [-0.3, -0.25) is 0 Å². The second-order valence-electron chi connectivity index (χ2n) is 3.62. The number of hydrogen-bond donors (Lipinski definition) is 3. The molecule has 0 aliphatic heterocycles. The summed E-state index contributed by atoms with van der Waals surface area (Å²) in [5.74, 6) is 1.38. The second-order valence-corrected chi connectivity index (χ2v) is 3.62. The number of carboxylic acids is 1. The Morgan fingerprint density at radius 3 is 2.78 bits per heavy atom. The van der Waals surface area contributed by atoms with Gasteiger partial charge in [0.05, 0.1) is 5.56 Å². The molecule has 1 rings (SSSR count). The van der Waals surface area contributed by atoms with E-state index in [0.29, 0.717) is 24.2 Å². The van der Waals surface area contributed by atoms with Crippen molar-refractivity contribution in [3.8, 4) is 12.3 Å². The van der Waals surface area contributed by atoms with Crippen LogP contribution in [0.25, 0.3) is 0 Å². The Morgan fingerprint density at radius 1 is 1.44 bits per heavy atom. The molecule has 94 valence electrons. The molecule has 0 atom stereocenters. The predicted molar refractivity (Wildman–Crippen MR) is 68.6 cm³/mol. The predicted octanol–water partition coefficient (Wildman–Crippen LogP) is 1.84. The number of urea groups is 1. The van der Waals surface area contributed by atoms with Crippen molar-refractivity contribution in [2.24, 2.45) is 0 Å². The lowest BCUT2D eigenvalue weighted by Crippen LogP contribution is -2.29. The van der Waals surface area contributed by atoms with Crippen molar-refractivity contribution in [1.82, 2.24) is 5.32 Å². The highest BCUT2D eigenvalue weighted by Crippen LogP contribution is 2.18. The lowest BCUT2D eigenvalue weighted by Gasteiger charge is -2.10. The molecule has 0 aliphatic carbocycles. The van der Waals surface area contributed by atoms with Crippen molar-refractivity contribution >= 4 is 17.7 Å². The quantitative estimate of drug-likeness (QED) is 0.560. The molecule has 5 nitrogen and oxygen atoms in total. The fraction of sp³-hybridized carbons (Fsp3) is 0.231. The molecule has 1 aromatic rings. The fourth-order valence-corrected chi connectivity index (χ4v) is 1.42.